The number of Topliss-reactive ketones (excluding diaryl/α,β-unsaturated/α-hetero) is 1. The van der Waals surface area contributed by atoms with Crippen molar-refractivity contribution in [2.24, 2.45) is 0 Å². The average Bonchev–Trinajstić information content (AvgIpc) is 3.06. The third kappa shape index (κ3) is 3.33. The van der Waals surface area contributed by atoms with E-state index < -0.39 is 17.7 Å². The maximum Gasteiger partial charge on any atom is 0.295 e. The number of aromatic nitrogens is 2. The number of nitrogens with one attached hydrogen (secondary N) is 1. The molecule has 1 saturated heterocycles. The molecule has 1 aliphatic rings. The molecule has 28 heavy (non-hydrogen) atoms. The molecule has 2 aromatic heterocycles. The monoisotopic (exact) mass is 382 g/mol. The predicted octanol–water partition coefficient (Wildman–Crippen LogP) is 2.32. The number of rotatable bonds is 5. The first kappa shape index (κ1) is 19.8. The number of H-pyrrole nitrogens is 1. The van der Waals surface area contributed by atoms with Gasteiger partial charge in [0.05, 0.1) is 11.6 Å². The Morgan fingerprint density at radius 3 is 2.50 bits per heavy atom. The SMILES string of the molecule is Cc1[nH]c(C)c(/C(O)=C2\C(=O)C(=O)N(CCN(C)C)C2c2cccnc2)c1C. The first-order valence-electron chi connectivity index (χ1n) is 9.23. The minimum atomic E-state index is -0.664. The first-order chi connectivity index (χ1) is 13.2. The number of likely N-dealkylation sites (tertiary alicyclic amines) is 1. The van der Waals surface area contributed by atoms with Gasteiger partial charge in [-0.1, -0.05) is 6.07 Å². The smallest absolute Gasteiger partial charge is 0.295 e. The topological polar surface area (TPSA) is 89.5 Å². The van der Waals surface area contributed by atoms with Gasteiger partial charge in [-0.2, -0.15) is 0 Å². The van der Waals surface area contributed by atoms with Crippen molar-refractivity contribution < 1.29 is 14.7 Å². The van der Waals surface area contributed by atoms with Crippen molar-refractivity contribution in [3.8, 4) is 0 Å². The van der Waals surface area contributed by atoms with Crippen LogP contribution in [0.2, 0.25) is 0 Å². The second-order valence-corrected chi connectivity index (χ2v) is 7.46. The number of hydrogen-bond acceptors (Lipinski definition) is 5. The van der Waals surface area contributed by atoms with Gasteiger partial charge >= 0.3 is 0 Å². The number of pyridine rings is 1. The number of carbonyl (C=O) groups excluding carboxylic acids is 2. The number of hydrogen-bond donors (Lipinski definition) is 2. The van der Waals surface area contributed by atoms with E-state index in [1.54, 1.807) is 18.5 Å². The van der Waals surface area contributed by atoms with E-state index in [0.29, 0.717) is 24.2 Å². The van der Waals surface area contributed by atoms with Gasteiger partial charge in [0.25, 0.3) is 11.7 Å². The number of aryl methyl sites for hydroxylation is 2. The number of ketones is 1. The molecule has 1 fully saturated rings. The molecule has 0 aliphatic carbocycles. The minimum Gasteiger partial charge on any atom is -0.507 e. The van der Waals surface area contributed by atoms with Gasteiger partial charge in [0.15, 0.2) is 0 Å². The summed E-state index contributed by atoms with van der Waals surface area (Å²) in [4.78, 5) is 36.5. The van der Waals surface area contributed by atoms with E-state index in [-0.39, 0.29) is 11.3 Å². The maximum atomic E-state index is 12.9. The van der Waals surface area contributed by atoms with Gasteiger partial charge in [-0.25, -0.2) is 0 Å². The summed E-state index contributed by atoms with van der Waals surface area (Å²) in [6.45, 7) is 6.61. The van der Waals surface area contributed by atoms with E-state index in [9.17, 15) is 14.7 Å². The third-order valence-corrected chi connectivity index (χ3v) is 5.25. The Hall–Kier alpha value is -2.93. The average molecular weight is 382 g/mol. The highest BCUT2D eigenvalue weighted by Gasteiger charge is 2.46. The highest BCUT2D eigenvalue weighted by Crippen LogP contribution is 2.40. The molecule has 7 nitrogen and oxygen atoms in total. The number of nitrogens with zero attached hydrogens (tertiary/aromatic N) is 3. The van der Waals surface area contributed by atoms with Crippen molar-refractivity contribution >= 4 is 17.4 Å². The van der Waals surface area contributed by atoms with Gasteiger partial charge < -0.3 is 19.9 Å². The Labute approximate surface area is 164 Å². The van der Waals surface area contributed by atoms with Gasteiger partial charge in [0.2, 0.25) is 0 Å². The number of aliphatic hydroxyl groups excluding tert-OH is 1. The van der Waals surface area contributed by atoms with Crippen molar-refractivity contribution in [2.45, 2.75) is 26.8 Å². The summed E-state index contributed by atoms with van der Waals surface area (Å²) < 4.78 is 0. The summed E-state index contributed by atoms with van der Waals surface area (Å²) in [6, 6.07) is 2.92. The van der Waals surface area contributed by atoms with Crippen LogP contribution in [0, 0.1) is 20.8 Å². The van der Waals surface area contributed by atoms with E-state index in [4.69, 9.17) is 0 Å². The zero-order valence-corrected chi connectivity index (χ0v) is 16.9. The number of likely N-dealkylation sites (N-methyl/N-ethyl adjacent to an activating group) is 1. The summed E-state index contributed by atoms with van der Waals surface area (Å²) >= 11 is 0. The van der Waals surface area contributed by atoms with Crippen LogP contribution in [0.4, 0.5) is 0 Å². The lowest BCUT2D eigenvalue weighted by Gasteiger charge is -2.26. The van der Waals surface area contributed by atoms with Crippen LogP contribution in [0.3, 0.4) is 0 Å². The molecule has 1 aliphatic heterocycles. The molecular weight excluding hydrogens is 356 g/mol. The van der Waals surface area contributed by atoms with Crippen molar-refractivity contribution in [1.29, 1.82) is 0 Å². The molecule has 7 heteroatoms. The van der Waals surface area contributed by atoms with Gasteiger partial charge in [0, 0.05) is 42.4 Å². The fourth-order valence-corrected chi connectivity index (χ4v) is 3.70. The lowest BCUT2D eigenvalue weighted by molar-refractivity contribution is -0.140. The van der Waals surface area contributed by atoms with E-state index in [1.807, 2.05) is 45.8 Å². The Balaban J connectivity index is 2.19. The van der Waals surface area contributed by atoms with Gasteiger partial charge in [-0.05, 0) is 52.1 Å². The third-order valence-electron chi connectivity index (χ3n) is 5.25. The molecule has 1 unspecified atom stereocenters. The molecule has 1 amide bonds. The van der Waals surface area contributed by atoms with Gasteiger partial charge in [0.1, 0.15) is 5.76 Å². The van der Waals surface area contributed by atoms with Crippen LogP contribution in [-0.2, 0) is 9.59 Å². The number of aromatic amines is 1. The van der Waals surface area contributed by atoms with Crippen molar-refractivity contribution in [2.75, 3.05) is 27.2 Å². The molecule has 1 atom stereocenters. The summed E-state index contributed by atoms with van der Waals surface area (Å²) in [5.41, 5.74) is 3.93. The van der Waals surface area contributed by atoms with Gasteiger partial charge in [-0.15, -0.1) is 0 Å². The Kier molecular flexibility index (Phi) is 5.38. The molecule has 3 heterocycles. The fraction of sp³-hybridized carbons (Fsp3) is 0.381. The molecule has 0 spiro atoms. The fourth-order valence-electron chi connectivity index (χ4n) is 3.70. The van der Waals surface area contributed by atoms with Crippen LogP contribution in [0.15, 0.2) is 30.1 Å². The lowest BCUT2D eigenvalue weighted by Crippen LogP contribution is -2.35. The first-order valence-corrected chi connectivity index (χ1v) is 9.23. The Morgan fingerprint density at radius 1 is 1.25 bits per heavy atom. The van der Waals surface area contributed by atoms with Crippen LogP contribution in [0.1, 0.15) is 34.1 Å². The van der Waals surface area contributed by atoms with Gasteiger partial charge in [-0.3, -0.25) is 14.6 Å². The largest absolute Gasteiger partial charge is 0.507 e. The highest BCUT2D eigenvalue weighted by atomic mass is 16.3. The van der Waals surface area contributed by atoms with E-state index in [1.165, 1.54) is 4.90 Å². The van der Waals surface area contributed by atoms with Crippen LogP contribution in [0.5, 0.6) is 0 Å². The zero-order valence-electron chi connectivity index (χ0n) is 16.9. The minimum absolute atomic E-state index is 0.113. The summed E-state index contributed by atoms with van der Waals surface area (Å²) in [7, 11) is 3.82. The van der Waals surface area contributed by atoms with Crippen LogP contribution in [0.25, 0.3) is 5.76 Å². The van der Waals surface area contributed by atoms with Crippen LogP contribution >= 0.6 is 0 Å². The van der Waals surface area contributed by atoms with Crippen LogP contribution < -0.4 is 0 Å². The number of amides is 1. The highest BCUT2D eigenvalue weighted by molar-refractivity contribution is 6.46. The quantitative estimate of drug-likeness (QED) is 0.471. The van der Waals surface area contributed by atoms with Crippen molar-refractivity contribution in [3.63, 3.8) is 0 Å². The molecule has 2 N–H and O–H groups in total. The lowest BCUT2D eigenvalue weighted by atomic mass is 9.95. The van der Waals surface area contributed by atoms with E-state index in [2.05, 4.69) is 9.97 Å². The summed E-state index contributed by atoms with van der Waals surface area (Å²) in [5, 5.41) is 11.1. The molecule has 148 valence electrons. The van der Waals surface area contributed by atoms with E-state index >= 15 is 0 Å². The molecular formula is C21H26N4O3. The zero-order chi connectivity index (χ0) is 20.6. The molecule has 0 bridgehead atoms. The van der Waals surface area contributed by atoms with Crippen LogP contribution in [-0.4, -0.2) is 63.7 Å². The number of aliphatic hydroxyl groups is 1. The normalized spacial score (nSPS) is 19.1. The summed E-state index contributed by atoms with van der Waals surface area (Å²) in [6.07, 6.45) is 3.27. The standard InChI is InChI=1S/C21H26N4O3/c1-12-13(2)23-14(3)16(12)19(26)17-18(15-7-6-8-22-11-15)25(10-9-24(4)5)21(28)20(17)27/h6-8,11,18,23,26H,9-10H2,1-5H3/b19-17+. The van der Waals surface area contributed by atoms with Crippen molar-refractivity contribution in [3.05, 3.63) is 58.2 Å². The summed E-state index contributed by atoms with van der Waals surface area (Å²) in [5.74, 6) is -1.40. The molecule has 2 aromatic rings. The van der Waals surface area contributed by atoms with E-state index in [0.717, 1.165) is 17.0 Å². The molecule has 0 radical (unpaired) electrons. The molecule has 0 aromatic carbocycles. The second kappa shape index (κ2) is 7.59. The molecule has 3 rings (SSSR count). The number of carbonyl (C=O) groups is 2. The second-order valence-electron chi connectivity index (χ2n) is 7.46. The van der Waals surface area contributed by atoms with Crippen molar-refractivity contribution in [1.82, 2.24) is 19.8 Å². The predicted molar refractivity (Wildman–Crippen MR) is 107 cm³/mol. The maximum absolute atomic E-state index is 12.9. The Morgan fingerprint density at radius 2 is 1.96 bits per heavy atom. The molecule has 0 saturated carbocycles. The Bertz CT molecular complexity index is 944.